The van der Waals surface area contributed by atoms with E-state index in [1.165, 1.54) is 0 Å². The Morgan fingerprint density at radius 3 is 2.73 bits per heavy atom. The first kappa shape index (κ1) is 13.9. The molecule has 1 aromatic heterocycles. The summed E-state index contributed by atoms with van der Waals surface area (Å²) in [5, 5.41) is 0. The summed E-state index contributed by atoms with van der Waals surface area (Å²) in [6.45, 7) is 6.70. The number of amides is 1. The first-order valence-corrected chi connectivity index (χ1v) is 8.08. The lowest BCUT2D eigenvalue weighted by Crippen LogP contribution is -2.42. The monoisotopic (exact) mass is 302 g/mol. The molecule has 1 amide bonds. The quantitative estimate of drug-likeness (QED) is 0.811. The summed E-state index contributed by atoms with van der Waals surface area (Å²) in [6.07, 6.45) is 5.81. The fourth-order valence-corrected chi connectivity index (χ4v) is 3.77. The van der Waals surface area contributed by atoms with E-state index >= 15 is 0 Å². The summed E-state index contributed by atoms with van der Waals surface area (Å²) in [4.78, 5) is 25.7. The summed E-state index contributed by atoms with van der Waals surface area (Å²) in [5.41, 5.74) is 1.24. The number of morpholine rings is 1. The second-order valence-corrected chi connectivity index (χ2v) is 6.79. The topological polar surface area (TPSA) is 58.6 Å². The number of hydrogen-bond donors (Lipinski definition) is 0. The number of carbonyl (C=O) groups excluding carboxylic acids is 1. The van der Waals surface area contributed by atoms with Gasteiger partial charge in [0, 0.05) is 49.9 Å². The Balaban J connectivity index is 1.40. The lowest BCUT2D eigenvalue weighted by Gasteiger charge is -2.27. The number of nitrogens with zero attached hydrogens (tertiary/aromatic N) is 4. The van der Waals surface area contributed by atoms with Crippen LogP contribution in [0.3, 0.4) is 0 Å². The number of carbonyl (C=O) groups is 1. The third kappa shape index (κ3) is 2.35. The Kier molecular flexibility index (Phi) is 3.29. The van der Waals surface area contributed by atoms with E-state index in [0.717, 1.165) is 50.5 Å². The Morgan fingerprint density at radius 2 is 2.00 bits per heavy atom. The molecule has 0 bridgehead atoms. The van der Waals surface area contributed by atoms with Gasteiger partial charge in [-0.1, -0.05) is 0 Å². The molecule has 2 aliphatic heterocycles. The van der Waals surface area contributed by atoms with Crippen LogP contribution < -0.4 is 4.90 Å². The van der Waals surface area contributed by atoms with E-state index in [4.69, 9.17) is 4.74 Å². The molecule has 118 valence electrons. The highest BCUT2D eigenvalue weighted by atomic mass is 16.5. The molecule has 1 aliphatic carbocycles. The predicted octanol–water partition coefficient (Wildman–Crippen LogP) is 0.860. The Hall–Kier alpha value is -1.69. The van der Waals surface area contributed by atoms with Crippen LogP contribution in [0.2, 0.25) is 0 Å². The van der Waals surface area contributed by atoms with Crippen molar-refractivity contribution in [3.63, 3.8) is 0 Å². The minimum Gasteiger partial charge on any atom is -0.378 e. The van der Waals surface area contributed by atoms with Gasteiger partial charge in [-0.3, -0.25) is 4.79 Å². The van der Waals surface area contributed by atoms with Gasteiger partial charge in [-0.15, -0.1) is 0 Å². The molecule has 2 saturated heterocycles. The zero-order chi connectivity index (χ0) is 15.2. The normalized spacial score (nSPS) is 30.9. The zero-order valence-electron chi connectivity index (χ0n) is 13.0. The zero-order valence-corrected chi connectivity index (χ0v) is 13.0. The molecule has 3 heterocycles. The first-order chi connectivity index (χ1) is 10.7. The van der Waals surface area contributed by atoms with Crippen molar-refractivity contribution in [3.05, 3.63) is 18.0 Å². The highest BCUT2D eigenvalue weighted by Gasteiger charge is 2.61. The molecule has 1 aromatic rings. The number of hydrogen-bond acceptors (Lipinski definition) is 5. The summed E-state index contributed by atoms with van der Waals surface area (Å²) < 4.78 is 5.33. The molecular formula is C16H22N4O2. The van der Waals surface area contributed by atoms with Gasteiger partial charge >= 0.3 is 0 Å². The van der Waals surface area contributed by atoms with E-state index in [-0.39, 0.29) is 11.3 Å². The van der Waals surface area contributed by atoms with E-state index in [1.807, 2.05) is 24.2 Å². The lowest BCUT2D eigenvalue weighted by atomic mass is 10.0. The molecule has 3 fully saturated rings. The summed E-state index contributed by atoms with van der Waals surface area (Å²) in [5.74, 6) is 1.32. The van der Waals surface area contributed by atoms with Crippen LogP contribution in [0.1, 0.15) is 18.4 Å². The average molecular weight is 302 g/mol. The molecule has 4 rings (SSSR count). The molecule has 2 atom stereocenters. The molecule has 0 aromatic carbocycles. The van der Waals surface area contributed by atoms with Gasteiger partial charge in [-0.05, 0) is 25.3 Å². The highest BCUT2D eigenvalue weighted by molar-refractivity contribution is 5.83. The van der Waals surface area contributed by atoms with Crippen LogP contribution in [0.15, 0.2) is 12.4 Å². The Labute approximate surface area is 130 Å². The third-order valence-electron chi connectivity index (χ3n) is 5.25. The van der Waals surface area contributed by atoms with Crippen LogP contribution in [0.5, 0.6) is 0 Å². The van der Waals surface area contributed by atoms with Crippen LogP contribution in [-0.4, -0.2) is 60.2 Å². The van der Waals surface area contributed by atoms with E-state index in [2.05, 4.69) is 14.9 Å². The van der Waals surface area contributed by atoms with Gasteiger partial charge in [0.25, 0.3) is 0 Å². The Bertz CT molecular complexity index is 570. The van der Waals surface area contributed by atoms with Crippen LogP contribution in [0.25, 0.3) is 0 Å². The van der Waals surface area contributed by atoms with Crippen LogP contribution in [0.4, 0.5) is 5.95 Å². The second kappa shape index (κ2) is 5.19. The molecule has 1 saturated carbocycles. The van der Waals surface area contributed by atoms with Gasteiger partial charge < -0.3 is 14.5 Å². The molecule has 0 unspecified atom stereocenters. The minimum atomic E-state index is 0.170. The van der Waals surface area contributed by atoms with Gasteiger partial charge in [0.2, 0.25) is 11.9 Å². The van der Waals surface area contributed by atoms with E-state index in [1.54, 1.807) is 0 Å². The van der Waals surface area contributed by atoms with Crippen LogP contribution in [0, 0.1) is 18.3 Å². The van der Waals surface area contributed by atoms with E-state index in [9.17, 15) is 4.79 Å². The van der Waals surface area contributed by atoms with Crippen molar-refractivity contribution in [2.75, 3.05) is 44.3 Å². The lowest BCUT2D eigenvalue weighted by molar-refractivity contribution is -0.137. The van der Waals surface area contributed by atoms with Gasteiger partial charge in [0.05, 0.1) is 13.2 Å². The molecule has 22 heavy (non-hydrogen) atoms. The van der Waals surface area contributed by atoms with Gasteiger partial charge in [0.15, 0.2) is 0 Å². The molecule has 0 N–H and O–H groups in total. The summed E-state index contributed by atoms with van der Waals surface area (Å²) in [7, 11) is 0. The minimum absolute atomic E-state index is 0.170. The van der Waals surface area contributed by atoms with Gasteiger partial charge in [0.1, 0.15) is 0 Å². The molecule has 1 spiro atoms. The third-order valence-corrected chi connectivity index (χ3v) is 5.25. The van der Waals surface area contributed by atoms with Crippen LogP contribution in [-0.2, 0) is 9.53 Å². The Morgan fingerprint density at radius 1 is 1.27 bits per heavy atom. The van der Waals surface area contributed by atoms with Crippen LogP contribution >= 0.6 is 0 Å². The molecule has 6 heteroatoms. The molecule has 6 nitrogen and oxygen atoms in total. The standard InChI is InChI=1S/C16H22N4O2/c1-12-9-17-15(18-10-12)20-3-2-16(11-20)8-13(16)14(21)19-4-6-22-7-5-19/h9-10,13H,2-8,11H2,1H3/t13-,16-/m1/s1. The summed E-state index contributed by atoms with van der Waals surface area (Å²) in [6, 6.07) is 0. The smallest absolute Gasteiger partial charge is 0.226 e. The largest absolute Gasteiger partial charge is 0.378 e. The first-order valence-electron chi connectivity index (χ1n) is 8.08. The van der Waals surface area contributed by atoms with Crippen molar-refractivity contribution in [1.29, 1.82) is 0 Å². The number of ether oxygens (including phenoxy) is 1. The van der Waals surface area contributed by atoms with Gasteiger partial charge in [-0.25, -0.2) is 9.97 Å². The van der Waals surface area contributed by atoms with Crippen molar-refractivity contribution in [2.45, 2.75) is 19.8 Å². The molecule has 0 radical (unpaired) electrons. The number of aromatic nitrogens is 2. The van der Waals surface area contributed by atoms with E-state index < -0.39 is 0 Å². The van der Waals surface area contributed by atoms with Crippen molar-refractivity contribution in [1.82, 2.24) is 14.9 Å². The van der Waals surface area contributed by atoms with Crippen molar-refractivity contribution in [3.8, 4) is 0 Å². The highest BCUT2D eigenvalue weighted by Crippen LogP contribution is 2.59. The molecular weight excluding hydrogens is 280 g/mol. The molecule has 3 aliphatic rings. The maximum absolute atomic E-state index is 12.6. The average Bonchev–Trinajstić information content (AvgIpc) is 3.09. The van der Waals surface area contributed by atoms with Gasteiger partial charge in [-0.2, -0.15) is 0 Å². The van der Waals surface area contributed by atoms with E-state index in [0.29, 0.717) is 19.1 Å². The number of aryl methyl sites for hydroxylation is 1. The predicted molar refractivity (Wildman–Crippen MR) is 81.5 cm³/mol. The number of anilines is 1. The maximum atomic E-state index is 12.6. The summed E-state index contributed by atoms with van der Waals surface area (Å²) >= 11 is 0. The SMILES string of the molecule is Cc1cnc(N2CC[C@@]3(C[C@@H]3C(=O)N3CCOCC3)C2)nc1. The van der Waals surface area contributed by atoms with Crippen molar-refractivity contribution < 1.29 is 9.53 Å². The fourth-order valence-electron chi connectivity index (χ4n) is 3.77. The maximum Gasteiger partial charge on any atom is 0.226 e. The number of rotatable bonds is 2. The van der Waals surface area contributed by atoms with Crippen molar-refractivity contribution in [2.24, 2.45) is 11.3 Å². The second-order valence-electron chi connectivity index (χ2n) is 6.79. The fraction of sp³-hybridized carbons (Fsp3) is 0.688. The van der Waals surface area contributed by atoms with Crippen molar-refractivity contribution >= 4 is 11.9 Å².